The van der Waals surface area contributed by atoms with Crippen LogP contribution in [0.1, 0.15) is 30.2 Å². The number of carbonyl (C=O) groups excluding carboxylic acids is 1. The lowest BCUT2D eigenvalue weighted by atomic mass is 10.0. The number of methoxy groups -OCH3 is 2. The van der Waals surface area contributed by atoms with Gasteiger partial charge in [0.05, 0.1) is 33.1 Å². The summed E-state index contributed by atoms with van der Waals surface area (Å²) in [7, 11) is 3.23. The summed E-state index contributed by atoms with van der Waals surface area (Å²) < 4.78 is 15.9. The van der Waals surface area contributed by atoms with Crippen LogP contribution in [0.15, 0.2) is 41.0 Å². The van der Waals surface area contributed by atoms with E-state index in [1.807, 2.05) is 35.2 Å². The molecule has 6 heteroatoms. The summed E-state index contributed by atoms with van der Waals surface area (Å²) in [5, 5.41) is 2.92. The fourth-order valence-electron chi connectivity index (χ4n) is 3.09. The maximum absolute atomic E-state index is 12.5. The molecule has 24 heavy (non-hydrogen) atoms. The molecule has 1 N–H and O–H groups in total. The fraction of sp³-hybridized carbons (Fsp3) is 0.389. The van der Waals surface area contributed by atoms with Gasteiger partial charge in [-0.3, -0.25) is 0 Å². The molecule has 0 spiro atoms. The number of urea groups is 1. The summed E-state index contributed by atoms with van der Waals surface area (Å²) in [5.41, 5.74) is 1.05. The third-order valence-corrected chi connectivity index (χ3v) is 4.30. The molecule has 1 saturated heterocycles. The van der Waals surface area contributed by atoms with Crippen molar-refractivity contribution in [2.24, 2.45) is 0 Å². The van der Waals surface area contributed by atoms with Crippen LogP contribution in [0.4, 0.5) is 4.79 Å². The van der Waals surface area contributed by atoms with Crippen molar-refractivity contribution in [1.82, 2.24) is 10.2 Å². The molecule has 1 atom stereocenters. The molecule has 1 aliphatic rings. The summed E-state index contributed by atoms with van der Waals surface area (Å²) in [6.45, 7) is 1.13. The molecule has 0 aliphatic carbocycles. The second-order valence-electron chi connectivity index (χ2n) is 5.70. The van der Waals surface area contributed by atoms with Crippen LogP contribution in [0.25, 0.3) is 0 Å². The van der Waals surface area contributed by atoms with E-state index in [1.54, 1.807) is 20.5 Å². The quantitative estimate of drug-likeness (QED) is 0.913. The summed E-state index contributed by atoms with van der Waals surface area (Å²) in [4.78, 5) is 14.4. The average Bonchev–Trinajstić information content (AvgIpc) is 3.30. The summed E-state index contributed by atoms with van der Waals surface area (Å²) in [6.07, 6.45) is 3.51. The Kier molecular flexibility index (Phi) is 4.93. The number of amides is 2. The zero-order valence-electron chi connectivity index (χ0n) is 14.0. The molecule has 1 aromatic carbocycles. The third kappa shape index (κ3) is 3.32. The van der Waals surface area contributed by atoms with Crippen molar-refractivity contribution in [3.63, 3.8) is 0 Å². The van der Waals surface area contributed by atoms with Gasteiger partial charge in [-0.1, -0.05) is 6.07 Å². The summed E-state index contributed by atoms with van der Waals surface area (Å²) in [5.74, 6) is 2.11. The number of furan rings is 1. The van der Waals surface area contributed by atoms with Crippen LogP contribution in [0, 0.1) is 0 Å². The molecule has 1 fully saturated rings. The van der Waals surface area contributed by atoms with E-state index in [9.17, 15) is 4.79 Å². The molecule has 0 bridgehead atoms. The Labute approximate surface area is 141 Å². The highest BCUT2D eigenvalue weighted by Crippen LogP contribution is 2.36. The largest absolute Gasteiger partial charge is 0.493 e. The molecule has 6 nitrogen and oxygen atoms in total. The second kappa shape index (κ2) is 7.29. The van der Waals surface area contributed by atoms with Crippen molar-refractivity contribution < 1.29 is 18.7 Å². The first kappa shape index (κ1) is 16.2. The monoisotopic (exact) mass is 330 g/mol. The minimum atomic E-state index is -0.0799. The number of ether oxygens (including phenoxy) is 2. The van der Waals surface area contributed by atoms with Crippen LogP contribution >= 0.6 is 0 Å². The van der Waals surface area contributed by atoms with Crippen molar-refractivity contribution in [3.05, 3.63) is 47.9 Å². The molecule has 0 radical (unpaired) electrons. The van der Waals surface area contributed by atoms with Gasteiger partial charge in [0.1, 0.15) is 5.76 Å². The Morgan fingerprint density at radius 3 is 2.83 bits per heavy atom. The van der Waals surface area contributed by atoms with Gasteiger partial charge in [-0.15, -0.1) is 0 Å². The first-order valence-electron chi connectivity index (χ1n) is 8.01. The zero-order valence-corrected chi connectivity index (χ0v) is 14.0. The normalized spacial score (nSPS) is 16.9. The molecule has 2 amide bonds. The Balaban J connectivity index is 1.71. The van der Waals surface area contributed by atoms with Crippen LogP contribution in [0.5, 0.6) is 11.5 Å². The Bertz CT molecular complexity index is 684. The molecule has 2 aromatic rings. The molecule has 1 unspecified atom stereocenters. The van der Waals surface area contributed by atoms with E-state index in [1.165, 1.54) is 0 Å². The van der Waals surface area contributed by atoms with Crippen LogP contribution in [-0.4, -0.2) is 31.7 Å². The Hall–Kier alpha value is -2.63. The minimum Gasteiger partial charge on any atom is -0.493 e. The van der Waals surface area contributed by atoms with Gasteiger partial charge in [-0.25, -0.2) is 4.79 Å². The first-order valence-corrected chi connectivity index (χ1v) is 8.01. The van der Waals surface area contributed by atoms with Gasteiger partial charge in [0.25, 0.3) is 0 Å². The highest BCUT2D eigenvalue weighted by atomic mass is 16.5. The zero-order chi connectivity index (χ0) is 16.9. The van der Waals surface area contributed by atoms with Crippen molar-refractivity contribution in [1.29, 1.82) is 0 Å². The number of nitrogens with one attached hydrogen (secondary N) is 1. The van der Waals surface area contributed by atoms with Gasteiger partial charge < -0.3 is 24.1 Å². The van der Waals surface area contributed by atoms with E-state index in [4.69, 9.17) is 13.9 Å². The summed E-state index contributed by atoms with van der Waals surface area (Å²) in [6, 6.07) is 9.43. The van der Waals surface area contributed by atoms with Gasteiger partial charge >= 0.3 is 6.03 Å². The van der Waals surface area contributed by atoms with E-state index in [-0.39, 0.29) is 12.1 Å². The summed E-state index contributed by atoms with van der Waals surface area (Å²) >= 11 is 0. The lowest BCUT2D eigenvalue weighted by molar-refractivity contribution is 0.191. The lowest BCUT2D eigenvalue weighted by Gasteiger charge is -2.25. The molecule has 3 rings (SSSR count). The molecular weight excluding hydrogens is 308 g/mol. The standard InChI is InChI=1S/C18H22N2O4/c1-22-16-8-7-13(11-17(16)23-2)15-6-3-9-20(15)18(21)19-12-14-5-4-10-24-14/h4-5,7-8,10-11,15H,3,6,9,12H2,1-2H3,(H,19,21). The Morgan fingerprint density at radius 2 is 2.12 bits per heavy atom. The van der Waals surface area contributed by atoms with Crippen LogP contribution < -0.4 is 14.8 Å². The number of rotatable bonds is 5. The lowest BCUT2D eigenvalue weighted by Crippen LogP contribution is -2.39. The van der Waals surface area contributed by atoms with Gasteiger partial charge in [-0.05, 0) is 42.7 Å². The smallest absolute Gasteiger partial charge is 0.318 e. The van der Waals surface area contributed by atoms with Crippen LogP contribution in [0.3, 0.4) is 0 Å². The topological polar surface area (TPSA) is 63.9 Å². The van der Waals surface area contributed by atoms with Gasteiger partial charge in [0.15, 0.2) is 11.5 Å². The van der Waals surface area contributed by atoms with Gasteiger partial charge in [-0.2, -0.15) is 0 Å². The SMILES string of the molecule is COc1ccc(C2CCCN2C(=O)NCc2ccco2)cc1OC. The minimum absolute atomic E-state index is 0.0430. The molecule has 1 aromatic heterocycles. The molecule has 1 aliphatic heterocycles. The predicted octanol–water partition coefficient (Wildman–Crippen LogP) is 3.34. The van der Waals surface area contributed by atoms with Crippen molar-refractivity contribution in [2.75, 3.05) is 20.8 Å². The number of hydrogen-bond acceptors (Lipinski definition) is 4. The first-order chi connectivity index (χ1) is 11.7. The van der Waals surface area contributed by atoms with Crippen molar-refractivity contribution in [3.8, 4) is 11.5 Å². The fourth-order valence-corrected chi connectivity index (χ4v) is 3.09. The molecular formula is C18H22N2O4. The van der Waals surface area contributed by atoms with Crippen LogP contribution in [0.2, 0.25) is 0 Å². The van der Waals surface area contributed by atoms with Gasteiger partial charge in [0.2, 0.25) is 0 Å². The van der Waals surface area contributed by atoms with E-state index < -0.39 is 0 Å². The average molecular weight is 330 g/mol. The molecule has 0 saturated carbocycles. The van der Waals surface area contributed by atoms with E-state index in [2.05, 4.69) is 5.32 Å². The second-order valence-corrected chi connectivity index (χ2v) is 5.70. The Morgan fingerprint density at radius 1 is 1.29 bits per heavy atom. The number of likely N-dealkylation sites (tertiary alicyclic amines) is 1. The number of carbonyl (C=O) groups is 1. The van der Waals surface area contributed by atoms with E-state index in [0.29, 0.717) is 18.0 Å². The van der Waals surface area contributed by atoms with Gasteiger partial charge in [0, 0.05) is 6.54 Å². The van der Waals surface area contributed by atoms with Crippen molar-refractivity contribution in [2.45, 2.75) is 25.4 Å². The number of nitrogens with zero attached hydrogens (tertiary/aromatic N) is 1. The predicted molar refractivity (Wildman–Crippen MR) is 89.2 cm³/mol. The van der Waals surface area contributed by atoms with Crippen LogP contribution in [-0.2, 0) is 6.54 Å². The number of benzene rings is 1. The third-order valence-electron chi connectivity index (χ3n) is 4.30. The van der Waals surface area contributed by atoms with E-state index >= 15 is 0 Å². The number of hydrogen-bond donors (Lipinski definition) is 1. The highest BCUT2D eigenvalue weighted by Gasteiger charge is 2.30. The maximum Gasteiger partial charge on any atom is 0.318 e. The molecule has 128 valence electrons. The molecule has 2 heterocycles. The van der Waals surface area contributed by atoms with Crippen molar-refractivity contribution >= 4 is 6.03 Å². The van der Waals surface area contributed by atoms with E-state index in [0.717, 1.165) is 30.7 Å². The maximum atomic E-state index is 12.5. The highest BCUT2D eigenvalue weighted by molar-refractivity contribution is 5.75.